The number of hydrogen-bond acceptors (Lipinski definition) is 5. The van der Waals surface area contributed by atoms with Gasteiger partial charge in [0.2, 0.25) is 0 Å². The molecule has 2 aromatic rings. The second-order valence-electron chi connectivity index (χ2n) is 5.03. The van der Waals surface area contributed by atoms with Gasteiger partial charge in [0, 0.05) is 11.3 Å². The molecule has 7 nitrogen and oxygen atoms in total. The van der Waals surface area contributed by atoms with E-state index in [1.54, 1.807) is 12.1 Å². The van der Waals surface area contributed by atoms with Crippen LogP contribution in [0.3, 0.4) is 0 Å². The van der Waals surface area contributed by atoms with Gasteiger partial charge in [-0.25, -0.2) is 4.79 Å². The Morgan fingerprint density at radius 2 is 1.76 bits per heavy atom. The summed E-state index contributed by atoms with van der Waals surface area (Å²) in [4.78, 5) is 14.2. The van der Waals surface area contributed by atoms with Crippen molar-refractivity contribution in [2.75, 3.05) is 0 Å². The number of carboxylic acids is 1. The Kier molecular flexibility index (Phi) is 7.98. The van der Waals surface area contributed by atoms with E-state index in [0.717, 1.165) is 0 Å². The molecule has 136 valence electrons. The number of H-pyrrole nitrogens is 1. The largest absolute Gasteiger partial charge is 0.477 e. The minimum Gasteiger partial charge on any atom is -0.477 e. The smallest absolute Gasteiger partial charge is 0.353 e. The third kappa shape index (κ3) is 3.98. The normalized spacial score (nSPS) is 10.3. The molecular weight excluding hydrogens is 392 g/mol. The van der Waals surface area contributed by atoms with E-state index in [0.29, 0.717) is 44.4 Å². The van der Waals surface area contributed by atoms with Crippen LogP contribution in [0.25, 0.3) is 11.1 Å². The molecule has 0 spiro atoms. The van der Waals surface area contributed by atoms with Gasteiger partial charge in [0.25, 0.3) is 0 Å². The zero-order chi connectivity index (χ0) is 19.1. The van der Waals surface area contributed by atoms with Crippen molar-refractivity contribution in [2.45, 2.75) is 33.2 Å². The van der Waals surface area contributed by atoms with E-state index in [9.17, 15) is 25.2 Å². The number of rotatable bonds is 6. The lowest BCUT2D eigenvalue weighted by atomic mass is 9.92. The first-order valence-corrected chi connectivity index (χ1v) is 8.24. The molecule has 0 amide bonds. The van der Waals surface area contributed by atoms with E-state index in [-0.39, 0.29) is 25.5 Å². The fourth-order valence-electron chi connectivity index (χ4n) is 2.72. The highest BCUT2D eigenvalue weighted by Gasteiger charge is 2.23. The van der Waals surface area contributed by atoms with Crippen molar-refractivity contribution >= 4 is 28.6 Å². The summed E-state index contributed by atoms with van der Waals surface area (Å²) in [6, 6.07) is 3.38. The van der Waals surface area contributed by atoms with Gasteiger partial charge in [0.05, 0.1) is 24.3 Å². The third-order valence-corrected chi connectivity index (χ3v) is 4.66. The van der Waals surface area contributed by atoms with Crippen molar-refractivity contribution in [3.63, 3.8) is 0 Å². The maximum Gasteiger partial charge on any atom is 0.353 e. The first-order valence-electron chi connectivity index (χ1n) is 7.45. The van der Waals surface area contributed by atoms with Crippen LogP contribution in [0.4, 0.5) is 0 Å². The fourth-order valence-corrected chi connectivity index (χ4v) is 3.44. The Morgan fingerprint density at radius 1 is 1.16 bits per heavy atom. The Morgan fingerprint density at radius 3 is 2.20 bits per heavy atom. The predicted octanol–water partition coefficient (Wildman–Crippen LogP) is 2.45. The highest BCUT2D eigenvalue weighted by molar-refractivity contribution is 9.10. The number of aromatic amines is 1. The van der Waals surface area contributed by atoms with Crippen molar-refractivity contribution in [1.82, 2.24) is 4.98 Å². The Balaban J connectivity index is 0.00000151. The molecule has 1 aromatic heterocycles. The first kappa shape index (κ1) is 21.0. The number of aromatic carboxylic acids is 1. The topological polar surface area (TPSA) is 138 Å². The highest BCUT2D eigenvalue weighted by Crippen LogP contribution is 2.38. The monoisotopic (exact) mass is 412 g/mol. The Hall–Kier alpha value is -2.00. The zero-order valence-corrected chi connectivity index (χ0v) is 15.4. The van der Waals surface area contributed by atoms with Crippen LogP contribution in [0.2, 0.25) is 0 Å². The molecule has 0 bridgehead atoms. The van der Waals surface area contributed by atoms with Crippen molar-refractivity contribution < 1.29 is 25.2 Å². The van der Waals surface area contributed by atoms with E-state index in [1.165, 1.54) is 0 Å². The van der Waals surface area contributed by atoms with Gasteiger partial charge in [-0.1, -0.05) is 19.1 Å². The summed E-state index contributed by atoms with van der Waals surface area (Å²) >= 11 is 3.32. The molecule has 6 N–H and O–H groups in total. The number of aliphatic hydroxyl groups excluding tert-OH is 3. The maximum absolute atomic E-state index is 11.3. The van der Waals surface area contributed by atoms with Gasteiger partial charge < -0.3 is 30.8 Å². The van der Waals surface area contributed by atoms with E-state index < -0.39 is 5.97 Å². The minimum atomic E-state index is -1.09. The van der Waals surface area contributed by atoms with Crippen LogP contribution >= 0.6 is 15.9 Å². The molecule has 25 heavy (non-hydrogen) atoms. The molecule has 0 aliphatic heterocycles. The van der Waals surface area contributed by atoms with Crippen LogP contribution < -0.4 is 0 Å². The SMILES string of the molecule is C=N.CCc1[nH]c(C(=O)O)c(Br)c1-c1ccc(CO)c(CO)c1CO. The molecule has 0 fully saturated rings. The summed E-state index contributed by atoms with van der Waals surface area (Å²) in [5.74, 6) is -1.09. The first-order chi connectivity index (χ1) is 12.0. The van der Waals surface area contributed by atoms with Gasteiger partial charge in [-0.3, -0.25) is 0 Å². The third-order valence-electron chi connectivity index (χ3n) is 3.87. The number of aromatic nitrogens is 1. The number of aryl methyl sites for hydroxylation is 1. The van der Waals surface area contributed by atoms with E-state index in [2.05, 4.69) is 27.6 Å². The highest BCUT2D eigenvalue weighted by atomic mass is 79.9. The van der Waals surface area contributed by atoms with Gasteiger partial charge in [-0.15, -0.1) is 0 Å². The lowest BCUT2D eigenvalue weighted by Crippen LogP contribution is -2.04. The van der Waals surface area contributed by atoms with Gasteiger partial charge in [-0.05, 0) is 51.3 Å². The summed E-state index contributed by atoms with van der Waals surface area (Å²) in [6.07, 6.45) is 0.572. The number of nitrogens with one attached hydrogen (secondary N) is 2. The lowest BCUT2D eigenvalue weighted by Gasteiger charge is -2.16. The second-order valence-corrected chi connectivity index (χ2v) is 5.82. The summed E-state index contributed by atoms with van der Waals surface area (Å²) in [5.41, 5.74) is 3.49. The molecule has 0 saturated heterocycles. The molecule has 2 rings (SSSR count). The number of halogens is 1. The standard InChI is InChI=1S/C16H18BrNO5.CH3N/c1-2-12-13(14(17)15(18-12)16(22)23)9-4-3-8(5-19)10(6-20)11(9)7-21;1-2/h3-4,18-21H,2,5-7H2,1H3,(H,22,23);2H,1H2. The zero-order valence-electron chi connectivity index (χ0n) is 13.8. The summed E-state index contributed by atoms with van der Waals surface area (Å²) in [6.45, 7) is 3.48. The van der Waals surface area contributed by atoms with Crippen molar-refractivity contribution in [1.29, 1.82) is 5.41 Å². The molecule has 0 saturated carbocycles. The average molecular weight is 413 g/mol. The minimum absolute atomic E-state index is 0.0394. The number of carbonyl (C=O) groups is 1. The van der Waals surface area contributed by atoms with E-state index in [4.69, 9.17) is 5.41 Å². The molecule has 0 aliphatic rings. The van der Waals surface area contributed by atoms with Gasteiger partial charge in [-0.2, -0.15) is 0 Å². The van der Waals surface area contributed by atoms with Gasteiger partial charge in [0.1, 0.15) is 5.69 Å². The molecule has 0 aliphatic carbocycles. The number of benzene rings is 1. The molecular formula is C17H21BrN2O5. The molecule has 0 atom stereocenters. The van der Waals surface area contributed by atoms with Crippen LogP contribution in [-0.4, -0.2) is 38.1 Å². The van der Waals surface area contributed by atoms with Crippen LogP contribution in [0.1, 0.15) is 39.8 Å². The van der Waals surface area contributed by atoms with Crippen LogP contribution in [0.15, 0.2) is 16.6 Å². The average Bonchev–Trinajstić information content (AvgIpc) is 2.98. The lowest BCUT2D eigenvalue weighted by molar-refractivity contribution is 0.0690. The van der Waals surface area contributed by atoms with Gasteiger partial charge >= 0.3 is 5.97 Å². The van der Waals surface area contributed by atoms with Crippen molar-refractivity contribution in [3.05, 3.63) is 44.7 Å². The molecule has 1 aromatic carbocycles. The molecule has 0 unspecified atom stereocenters. The fraction of sp³-hybridized carbons (Fsp3) is 0.294. The van der Waals surface area contributed by atoms with E-state index >= 15 is 0 Å². The summed E-state index contributed by atoms with van der Waals surface area (Å²) in [7, 11) is 0. The number of carboxylic acid groups (broad SMARTS) is 1. The number of hydrogen-bond donors (Lipinski definition) is 6. The summed E-state index contributed by atoms with van der Waals surface area (Å²) < 4.78 is 0.400. The second kappa shape index (κ2) is 9.47. The van der Waals surface area contributed by atoms with Crippen molar-refractivity contribution in [3.8, 4) is 11.1 Å². The predicted molar refractivity (Wildman–Crippen MR) is 97.9 cm³/mol. The molecule has 0 radical (unpaired) electrons. The Bertz CT molecular complexity index is 758. The van der Waals surface area contributed by atoms with Crippen LogP contribution in [0, 0.1) is 5.41 Å². The van der Waals surface area contributed by atoms with E-state index in [1.807, 2.05) is 6.92 Å². The van der Waals surface area contributed by atoms with Crippen LogP contribution in [0.5, 0.6) is 0 Å². The van der Waals surface area contributed by atoms with Crippen molar-refractivity contribution in [2.24, 2.45) is 0 Å². The number of aliphatic hydroxyl groups is 3. The molecule has 8 heteroatoms. The van der Waals surface area contributed by atoms with Gasteiger partial charge in [0.15, 0.2) is 0 Å². The van der Waals surface area contributed by atoms with Crippen LogP contribution in [-0.2, 0) is 26.2 Å². The molecule has 1 heterocycles. The Labute approximate surface area is 153 Å². The maximum atomic E-state index is 11.3. The summed E-state index contributed by atoms with van der Waals surface area (Å²) in [5, 5.41) is 43.5. The quantitative estimate of drug-likeness (QED) is 0.404.